The van der Waals surface area contributed by atoms with Crippen molar-refractivity contribution in [2.24, 2.45) is 0 Å². The van der Waals surface area contributed by atoms with E-state index in [1.54, 1.807) is 0 Å². The van der Waals surface area contributed by atoms with E-state index in [4.69, 9.17) is 17.0 Å². The molecule has 144 valence electrons. The monoisotopic (exact) mass is 447 g/mol. The number of halogens is 1. The van der Waals surface area contributed by atoms with Gasteiger partial charge in [-0.05, 0) is 67.0 Å². The van der Waals surface area contributed by atoms with E-state index in [1.165, 1.54) is 11.3 Å². The van der Waals surface area contributed by atoms with E-state index in [0.29, 0.717) is 0 Å². The molecule has 6 heteroatoms. The average Bonchev–Trinajstić information content (AvgIpc) is 3.16. The summed E-state index contributed by atoms with van der Waals surface area (Å²) in [5, 5.41) is 4.09. The summed E-state index contributed by atoms with van der Waals surface area (Å²) in [6.45, 7) is 2.41. The summed E-state index contributed by atoms with van der Waals surface area (Å²) in [4.78, 5) is 4.31. The van der Waals surface area contributed by atoms with Crippen molar-refractivity contribution in [2.75, 3.05) is 37.5 Å². The molecule has 1 fully saturated rings. The molecule has 0 radical (unpaired) electrons. The van der Waals surface area contributed by atoms with Crippen LogP contribution in [0.25, 0.3) is 0 Å². The zero-order valence-corrected chi connectivity index (χ0v) is 18.2. The van der Waals surface area contributed by atoms with Crippen molar-refractivity contribution in [3.8, 4) is 0 Å². The fraction of sp³-hybridized carbons (Fsp3) is 0.381. The molecule has 0 bridgehead atoms. The molecule has 0 amide bonds. The Hall–Kier alpha value is -1.63. The Kier molecular flexibility index (Phi) is 7.10. The number of anilines is 2. The second-order valence-corrected chi connectivity index (χ2v) is 8.32. The van der Waals surface area contributed by atoms with Gasteiger partial charge in [0.2, 0.25) is 0 Å². The van der Waals surface area contributed by atoms with Gasteiger partial charge in [-0.1, -0.05) is 28.1 Å². The molecule has 27 heavy (non-hydrogen) atoms. The van der Waals surface area contributed by atoms with Crippen molar-refractivity contribution in [1.29, 1.82) is 0 Å². The Balaban J connectivity index is 1.70. The highest BCUT2D eigenvalue weighted by Crippen LogP contribution is 2.19. The molecule has 1 aliphatic heterocycles. The van der Waals surface area contributed by atoms with E-state index in [9.17, 15) is 0 Å². The molecule has 0 aliphatic carbocycles. The van der Waals surface area contributed by atoms with Crippen LogP contribution in [0.5, 0.6) is 0 Å². The van der Waals surface area contributed by atoms with Crippen LogP contribution in [0.4, 0.5) is 11.4 Å². The number of rotatable bonds is 6. The Bertz CT molecular complexity index is 743. The third-order valence-electron chi connectivity index (χ3n) is 4.66. The predicted molar refractivity (Wildman–Crippen MR) is 121 cm³/mol. The predicted octanol–water partition coefficient (Wildman–Crippen LogP) is 4.89. The molecule has 1 N–H and O–H groups in total. The average molecular weight is 448 g/mol. The third-order valence-corrected chi connectivity index (χ3v) is 5.55. The lowest BCUT2D eigenvalue weighted by molar-refractivity contribution is 0.0905. The molecule has 0 saturated carbocycles. The topological polar surface area (TPSA) is 27.7 Å². The van der Waals surface area contributed by atoms with Crippen LogP contribution < -0.4 is 10.2 Å². The minimum atomic E-state index is 0.246. The minimum Gasteiger partial charge on any atom is -0.378 e. The summed E-state index contributed by atoms with van der Waals surface area (Å²) in [6, 6.07) is 16.7. The summed E-state index contributed by atoms with van der Waals surface area (Å²) >= 11 is 9.20. The van der Waals surface area contributed by atoms with E-state index in [1.807, 2.05) is 24.3 Å². The first-order chi connectivity index (χ1) is 13.0. The second kappa shape index (κ2) is 9.53. The fourth-order valence-corrected chi connectivity index (χ4v) is 3.63. The van der Waals surface area contributed by atoms with Crippen LogP contribution in [0.2, 0.25) is 0 Å². The van der Waals surface area contributed by atoms with Crippen LogP contribution >= 0.6 is 28.1 Å². The number of hydrogen-bond acceptors (Lipinski definition) is 3. The minimum absolute atomic E-state index is 0.246. The molecular weight excluding hydrogens is 422 g/mol. The van der Waals surface area contributed by atoms with Crippen LogP contribution in [0.15, 0.2) is 53.0 Å². The number of hydrogen-bond donors (Lipinski definition) is 1. The maximum absolute atomic E-state index is 5.85. The summed E-state index contributed by atoms with van der Waals surface area (Å²) in [7, 11) is 4.10. The van der Waals surface area contributed by atoms with Crippen molar-refractivity contribution in [1.82, 2.24) is 4.90 Å². The van der Waals surface area contributed by atoms with Gasteiger partial charge in [-0.3, -0.25) is 0 Å². The third kappa shape index (κ3) is 5.92. The molecule has 4 nitrogen and oxygen atoms in total. The molecule has 2 aromatic carbocycles. The highest BCUT2D eigenvalue weighted by Gasteiger charge is 2.21. The molecule has 0 aromatic heterocycles. The van der Waals surface area contributed by atoms with Crippen LogP contribution in [-0.4, -0.2) is 43.4 Å². The molecule has 1 heterocycles. The SMILES string of the molecule is CN(C)c1ccc(CN(CC2CCCO2)C(=S)Nc2ccc(Br)cc2)cc1. The highest BCUT2D eigenvalue weighted by atomic mass is 79.9. The van der Waals surface area contributed by atoms with Crippen molar-refractivity contribution in [3.05, 3.63) is 58.6 Å². The van der Waals surface area contributed by atoms with Crippen molar-refractivity contribution < 1.29 is 4.74 Å². The lowest BCUT2D eigenvalue weighted by atomic mass is 10.1. The molecule has 1 saturated heterocycles. The van der Waals surface area contributed by atoms with Gasteiger partial charge in [-0.15, -0.1) is 0 Å². The van der Waals surface area contributed by atoms with E-state index >= 15 is 0 Å². The first-order valence-corrected chi connectivity index (χ1v) is 10.4. The lowest BCUT2D eigenvalue weighted by Crippen LogP contribution is -2.39. The molecule has 3 rings (SSSR count). The van der Waals surface area contributed by atoms with Crippen molar-refractivity contribution in [3.63, 3.8) is 0 Å². The number of nitrogens with one attached hydrogen (secondary N) is 1. The van der Waals surface area contributed by atoms with Gasteiger partial charge >= 0.3 is 0 Å². The number of nitrogens with zero attached hydrogens (tertiary/aromatic N) is 2. The largest absolute Gasteiger partial charge is 0.378 e. The molecule has 1 atom stereocenters. The van der Waals surface area contributed by atoms with Crippen LogP contribution in [0.3, 0.4) is 0 Å². The molecule has 1 unspecified atom stereocenters. The molecule has 2 aromatic rings. The number of benzene rings is 2. The van der Waals surface area contributed by atoms with Gasteiger partial charge in [-0.25, -0.2) is 0 Å². The van der Waals surface area contributed by atoms with Gasteiger partial charge in [0, 0.05) is 49.6 Å². The Labute approximate surface area is 175 Å². The van der Waals surface area contributed by atoms with Crippen molar-refractivity contribution in [2.45, 2.75) is 25.5 Å². The first-order valence-electron chi connectivity index (χ1n) is 9.20. The van der Waals surface area contributed by atoms with E-state index in [-0.39, 0.29) is 6.10 Å². The fourth-order valence-electron chi connectivity index (χ4n) is 3.11. The van der Waals surface area contributed by atoms with Gasteiger partial charge in [0.15, 0.2) is 5.11 Å². The van der Waals surface area contributed by atoms with E-state index in [0.717, 1.165) is 47.8 Å². The van der Waals surface area contributed by atoms with Crippen LogP contribution in [0, 0.1) is 0 Å². The summed E-state index contributed by atoms with van der Waals surface area (Å²) in [6.07, 6.45) is 2.47. The Morgan fingerprint density at radius 3 is 2.44 bits per heavy atom. The smallest absolute Gasteiger partial charge is 0.173 e. The summed E-state index contributed by atoms with van der Waals surface area (Å²) in [5.41, 5.74) is 3.42. The van der Waals surface area contributed by atoms with Gasteiger partial charge < -0.3 is 19.9 Å². The number of ether oxygens (including phenoxy) is 1. The second-order valence-electron chi connectivity index (χ2n) is 7.01. The zero-order valence-electron chi connectivity index (χ0n) is 15.8. The maximum Gasteiger partial charge on any atom is 0.173 e. The maximum atomic E-state index is 5.85. The lowest BCUT2D eigenvalue weighted by Gasteiger charge is -2.28. The van der Waals surface area contributed by atoms with Crippen LogP contribution in [-0.2, 0) is 11.3 Å². The summed E-state index contributed by atoms with van der Waals surface area (Å²) < 4.78 is 6.90. The molecule has 1 aliphatic rings. The first kappa shape index (κ1) is 20.1. The van der Waals surface area contributed by atoms with Gasteiger partial charge in [-0.2, -0.15) is 0 Å². The standard InChI is InChI=1S/C21H26BrN3OS/c1-24(2)19-11-5-16(6-12-19)14-25(15-20-4-3-13-26-20)21(27)23-18-9-7-17(22)8-10-18/h5-12,20H,3-4,13-15H2,1-2H3,(H,23,27). The molecule has 0 spiro atoms. The van der Waals surface area contributed by atoms with Crippen LogP contribution in [0.1, 0.15) is 18.4 Å². The number of thiocarbonyl (C=S) groups is 1. The Morgan fingerprint density at radius 1 is 1.15 bits per heavy atom. The molecular formula is C21H26BrN3OS. The Morgan fingerprint density at radius 2 is 1.85 bits per heavy atom. The van der Waals surface area contributed by atoms with Gasteiger partial charge in [0.1, 0.15) is 0 Å². The van der Waals surface area contributed by atoms with E-state index < -0.39 is 0 Å². The van der Waals surface area contributed by atoms with E-state index in [2.05, 4.69) is 69.4 Å². The zero-order chi connectivity index (χ0) is 19.2. The van der Waals surface area contributed by atoms with Crippen molar-refractivity contribution >= 4 is 44.6 Å². The van der Waals surface area contributed by atoms with Gasteiger partial charge in [0.25, 0.3) is 0 Å². The summed E-state index contributed by atoms with van der Waals surface area (Å²) in [5.74, 6) is 0. The highest BCUT2D eigenvalue weighted by molar-refractivity contribution is 9.10. The normalized spacial score (nSPS) is 16.2. The quantitative estimate of drug-likeness (QED) is 0.636. The van der Waals surface area contributed by atoms with Gasteiger partial charge in [0.05, 0.1) is 6.10 Å².